The van der Waals surface area contributed by atoms with Crippen LogP contribution in [0.4, 0.5) is 4.39 Å². The number of sulfonamides is 1. The molecule has 28 heavy (non-hydrogen) atoms. The SMILES string of the molecule is O=C(c1cc(-c2cccs2)[nH]n1)N1CCN(S(=O)(=O)c2ccc(F)cc2)CC1. The fourth-order valence-electron chi connectivity index (χ4n) is 3.04. The van der Waals surface area contributed by atoms with Crippen LogP contribution in [0.1, 0.15) is 10.5 Å². The van der Waals surface area contributed by atoms with Crippen LogP contribution in [0, 0.1) is 5.82 Å². The van der Waals surface area contributed by atoms with Crippen molar-refractivity contribution in [3.63, 3.8) is 0 Å². The molecule has 1 aromatic carbocycles. The topological polar surface area (TPSA) is 86.4 Å². The summed E-state index contributed by atoms with van der Waals surface area (Å²) in [5, 5.41) is 8.90. The van der Waals surface area contributed by atoms with Crippen molar-refractivity contribution in [1.29, 1.82) is 0 Å². The summed E-state index contributed by atoms with van der Waals surface area (Å²) in [4.78, 5) is 15.3. The first kappa shape index (κ1) is 18.8. The molecule has 1 saturated heterocycles. The van der Waals surface area contributed by atoms with E-state index in [2.05, 4.69) is 10.2 Å². The van der Waals surface area contributed by atoms with Crippen molar-refractivity contribution in [1.82, 2.24) is 19.4 Å². The van der Waals surface area contributed by atoms with Gasteiger partial charge in [0.15, 0.2) is 5.69 Å². The van der Waals surface area contributed by atoms with Crippen LogP contribution in [0.25, 0.3) is 10.6 Å². The number of piperazine rings is 1. The highest BCUT2D eigenvalue weighted by atomic mass is 32.2. The summed E-state index contributed by atoms with van der Waals surface area (Å²) in [5.41, 5.74) is 1.08. The zero-order valence-corrected chi connectivity index (χ0v) is 16.3. The fraction of sp³-hybridized carbons (Fsp3) is 0.222. The quantitative estimate of drug-likeness (QED) is 0.702. The molecule has 1 amide bonds. The number of carbonyl (C=O) groups excluding carboxylic acids is 1. The molecule has 0 aliphatic carbocycles. The third-order valence-corrected chi connectivity index (χ3v) is 7.38. The highest BCUT2D eigenvalue weighted by molar-refractivity contribution is 7.89. The van der Waals surface area contributed by atoms with E-state index in [4.69, 9.17) is 0 Å². The standard InChI is InChI=1S/C18H17FN4O3S2/c19-13-3-5-14(6-4-13)28(25,26)23-9-7-22(8-10-23)18(24)16-12-15(20-21-16)17-2-1-11-27-17/h1-6,11-12H,7-10H2,(H,20,21). The predicted molar refractivity (Wildman–Crippen MR) is 103 cm³/mol. The highest BCUT2D eigenvalue weighted by Crippen LogP contribution is 2.24. The van der Waals surface area contributed by atoms with E-state index in [0.29, 0.717) is 5.69 Å². The number of amides is 1. The van der Waals surface area contributed by atoms with Gasteiger partial charge in [-0.25, -0.2) is 12.8 Å². The number of halogens is 1. The molecular weight excluding hydrogens is 403 g/mol. The molecular formula is C18H17FN4O3S2. The molecule has 1 aliphatic rings. The number of aromatic amines is 1. The Labute approximate surface area is 165 Å². The Morgan fingerprint density at radius 2 is 1.82 bits per heavy atom. The minimum Gasteiger partial charge on any atom is -0.335 e. The monoisotopic (exact) mass is 420 g/mol. The molecule has 0 radical (unpaired) electrons. The molecule has 146 valence electrons. The van der Waals surface area contributed by atoms with E-state index in [1.54, 1.807) is 22.3 Å². The van der Waals surface area contributed by atoms with Crippen molar-refractivity contribution < 1.29 is 17.6 Å². The van der Waals surface area contributed by atoms with Crippen LogP contribution in [-0.2, 0) is 10.0 Å². The summed E-state index contributed by atoms with van der Waals surface area (Å²) < 4.78 is 39.7. The number of aromatic nitrogens is 2. The molecule has 3 aromatic rings. The average molecular weight is 420 g/mol. The number of carbonyl (C=O) groups is 1. The molecule has 0 unspecified atom stereocenters. The van der Waals surface area contributed by atoms with Crippen molar-refractivity contribution in [2.24, 2.45) is 0 Å². The molecule has 3 heterocycles. The Balaban J connectivity index is 1.42. The molecule has 2 aromatic heterocycles. The van der Waals surface area contributed by atoms with Crippen molar-refractivity contribution in [2.45, 2.75) is 4.90 Å². The van der Waals surface area contributed by atoms with Crippen LogP contribution in [-0.4, -0.2) is 59.9 Å². The number of nitrogens with zero attached hydrogens (tertiary/aromatic N) is 3. The van der Waals surface area contributed by atoms with Gasteiger partial charge in [-0.2, -0.15) is 9.40 Å². The second-order valence-electron chi connectivity index (χ2n) is 6.29. The third kappa shape index (κ3) is 3.58. The van der Waals surface area contributed by atoms with Gasteiger partial charge in [0.25, 0.3) is 5.91 Å². The van der Waals surface area contributed by atoms with E-state index in [1.165, 1.54) is 16.4 Å². The maximum Gasteiger partial charge on any atom is 0.274 e. The van der Waals surface area contributed by atoms with Gasteiger partial charge >= 0.3 is 0 Å². The summed E-state index contributed by atoms with van der Waals surface area (Å²) in [5.74, 6) is -0.729. The number of hydrogen-bond donors (Lipinski definition) is 1. The minimum atomic E-state index is -3.71. The third-order valence-electron chi connectivity index (χ3n) is 4.56. The number of thiophene rings is 1. The second kappa shape index (κ2) is 7.46. The molecule has 0 saturated carbocycles. The van der Waals surface area contributed by atoms with Crippen LogP contribution in [0.5, 0.6) is 0 Å². The lowest BCUT2D eigenvalue weighted by Gasteiger charge is -2.33. The number of hydrogen-bond acceptors (Lipinski definition) is 5. The molecule has 1 fully saturated rings. The Morgan fingerprint density at radius 1 is 1.11 bits per heavy atom. The van der Waals surface area contributed by atoms with Crippen molar-refractivity contribution in [3.8, 4) is 10.6 Å². The Kier molecular flexibility index (Phi) is 5.00. The highest BCUT2D eigenvalue weighted by Gasteiger charge is 2.31. The summed E-state index contributed by atoms with van der Waals surface area (Å²) in [6, 6.07) is 10.3. The normalized spacial score (nSPS) is 15.7. The van der Waals surface area contributed by atoms with Gasteiger partial charge in [-0.15, -0.1) is 11.3 Å². The Bertz CT molecular complexity index is 1070. The largest absolute Gasteiger partial charge is 0.335 e. The van der Waals surface area contributed by atoms with E-state index >= 15 is 0 Å². The summed E-state index contributed by atoms with van der Waals surface area (Å²) in [6.45, 7) is 0.877. The van der Waals surface area contributed by atoms with E-state index in [-0.39, 0.29) is 37.0 Å². The van der Waals surface area contributed by atoms with Crippen LogP contribution in [0.3, 0.4) is 0 Å². The van der Waals surface area contributed by atoms with Gasteiger partial charge < -0.3 is 4.90 Å². The molecule has 0 spiro atoms. The molecule has 0 atom stereocenters. The first-order valence-corrected chi connectivity index (χ1v) is 10.9. The van der Waals surface area contributed by atoms with E-state index in [1.807, 2.05) is 17.5 Å². The molecule has 4 rings (SSSR count). The number of nitrogens with one attached hydrogen (secondary N) is 1. The predicted octanol–water partition coefficient (Wildman–Crippen LogP) is 2.42. The average Bonchev–Trinajstić information content (AvgIpc) is 3.39. The zero-order valence-electron chi connectivity index (χ0n) is 14.7. The number of benzene rings is 1. The smallest absolute Gasteiger partial charge is 0.274 e. The lowest BCUT2D eigenvalue weighted by atomic mass is 10.2. The van der Waals surface area contributed by atoms with Gasteiger partial charge in [0.05, 0.1) is 15.5 Å². The maximum absolute atomic E-state index is 13.0. The van der Waals surface area contributed by atoms with Gasteiger partial charge in [0.2, 0.25) is 10.0 Å². The van der Waals surface area contributed by atoms with Gasteiger partial charge in [0.1, 0.15) is 5.82 Å². The molecule has 0 bridgehead atoms. The molecule has 7 nitrogen and oxygen atoms in total. The van der Waals surface area contributed by atoms with Crippen LogP contribution in [0.15, 0.2) is 52.7 Å². The lowest BCUT2D eigenvalue weighted by Crippen LogP contribution is -2.50. The van der Waals surface area contributed by atoms with Gasteiger partial charge in [0, 0.05) is 26.2 Å². The number of H-pyrrole nitrogens is 1. The maximum atomic E-state index is 13.0. The number of rotatable bonds is 4. The van der Waals surface area contributed by atoms with E-state index < -0.39 is 15.8 Å². The Morgan fingerprint density at radius 3 is 2.46 bits per heavy atom. The van der Waals surface area contributed by atoms with Gasteiger partial charge in [-0.1, -0.05) is 6.07 Å². The summed E-state index contributed by atoms with van der Waals surface area (Å²) in [7, 11) is -3.71. The molecule has 1 aliphatic heterocycles. The van der Waals surface area contributed by atoms with Crippen molar-refractivity contribution in [3.05, 3.63) is 59.4 Å². The van der Waals surface area contributed by atoms with Gasteiger partial charge in [-0.05, 0) is 41.8 Å². The fourth-order valence-corrected chi connectivity index (χ4v) is 5.15. The van der Waals surface area contributed by atoms with Crippen LogP contribution >= 0.6 is 11.3 Å². The summed E-state index contributed by atoms with van der Waals surface area (Å²) >= 11 is 1.55. The molecule has 10 heteroatoms. The van der Waals surface area contributed by atoms with Crippen molar-refractivity contribution >= 4 is 27.3 Å². The zero-order chi connectivity index (χ0) is 19.7. The molecule has 1 N–H and O–H groups in total. The minimum absolute atomic E-state index is 0.0431. The summed E-state index contributed by atoms with van der Waals surface area (Å²) in [6.07, 6.45) is 0. The van der Waals surface area contributed by atoms with E-state index in [0.717, 1.165) is 22.7 Å². The first-order chi connectivity index (χ1) is 13.4. The first-order valence-electron chi connectivity index (χ1n) is 8.59. The van der Waals surface area contributed by atoms with Crippen LogP contribution in [0.2, 0.25) is 0 Å². The Hall–Kier alpha value is -2.56. The van der Waals surface area contributed by atoms with Gasteiger partial charge in [-0.3, -0.25) is 9.89 Å². The van der Waals surface area contributed by atoms with E-state index in [9.17, 15) is 17.6 Å². The van der Waals surface area contributed by atoms with Crippen molar-refractivity contribution in [2.75, 3.05) is 26.2 Å². The lowest BCUT2D eigenvalue weighted by molar-refractivity contribution is 0.0692. The van der Waals surface area contributed by atoms with Crippen LogP contribution < -0.4 is 0 Å². The second-order valence-corrected chi connectivity index (χ2v) is 9.18.